The number of ether oxygens (including phenoxy) is 2. The van der Waals surface area contributed by atoms with Gasteiger partial charge in [0, 0.05) is 0 Å². The topological polar surface area (TPSA) is 36.9 Å². The first-order valence-corrected chi connectivity index (χ1v) is 32.1. The molecule has 264 valence electrons. The van der Waals surface area contributed by atoms with Crippen LogP contribution in [0.3, 0.4) is 0 Å². The van der Waals surface area contributed by atoms with Gasteiger partial charge in [0.1, 0.15) is 0 Å². The van der Waals surface area contributed by atoms with Crippen LogP contribution in [-0.2, 0) is 18.3 Å². The average Bonchev–Trinajstić information content (AvgIpc) is 2.92. The summed E-state index contributed by atoms with van der Waals surface area (Å²) in [7, 11) is -1.77. The van der Waals surface area contributed by atoms with Gasteiger partial charge < -0.3 is 0 Å². The Kier molecular flexibility index (Phi) is 22.9. The number of hydrogen-bond acceptors (Lipinski definition) is 4. The molecule has 44 heavy (non-hydrogen) atoms. The Morgan fingerprint density at radius 1 is 0.636 bits per heavy atom. The van der Waals surface area contributed by atoms with E-state index in [-0.39, 0.29) is 15.3 Å². The molecule has 0 aromatic heterocycles. The van der Waals surface area contributed by atoms with Crippen LogP contribution in [0.25, 0.3) is 0 Å². The summed E-state index contributed by atoms with van der Waals surface area (Å²) in [4.78, 5) is 0. The number of rotatable bonds is 26. The van der Waals surface area contributed by atoms with Crippen molar-refractivity contribution in [3.05, 3.63) is 12.2 Å². The third kappa shape index (κ3) is 17.3. The first-order chi connectivity index (χ1) is 20.4. The summed E-state index contributed by atoms with van der Waals surface area (Å²) >= 11 is -2.67. The minimum atomic E-state index is -2.67. The van der Waals surface area contributed by atoms with E-state index in [1.54, 1.807) is 7.11 Å². The maximum atomic E-state index is 7.10. The van der Waals surface area contributed by atoms with Gasteiger partial charge in [0.05, 0.1) is 0 Å². The van der Waals surface area contributed by atoms with E-state index in [0.717, 1.165) is 13.0 Å². The molecule has 0 aromatic rings. The molecule has 0 aromatic carbocycles. The fourth-order valence-corrected chi connectivity index (χ4v) is 24.2. The molecule has 0 aliphatic heterocycles. The van der Waals surface area contributed by atoms with Crippen LogP contribution in [0.5, 0.6) is 0 Å². The standard InChI is InChI=1S/C25H53O4Si2.3C4H9.Sn/c1-24(2,3)30(8,9)28-21-16-14-12-13-15-18-23(19-17-20-27-22-26-7)29-31(10,11)25(4,5)6;3*1-3-4-2;/h17,19-20,23H,12-16,18,21-22H2,1-11H3;3*1,3-4H2,2H3;/b19-17+;;;;/t23-;;;;/m1..../s1. The van der Waals surface area contributed by atoms with Crippen LogP contribution >= 0.6 is 0 Å². The van der Waals surface area contributed by atoms with Gasteiger partial charge in [-0.05, 0) is 18.1 Å². The Bertz CT molecular complexity index is 721. The van der Waals surface area contributed by atoms with Crippen molar-refractivity contribution >= 4 is 35.0 Å². The molecule has 7 heteroatoms. The average molecular weight is 764 g/mol. The maximum absolute atomic E-state index is 7.10. The first-order valence-electron chi connectivity index (χ1n) is 18.5. The molecule has 0 rings (SSSR count). The van der Waals surface area contributed by atoms with Crippen molar-refractivity contribution in [1.82, 2.24) is 0 Å². The summed E-state index contributed by atoms with van der Waals surface area (Å²) < 4.78 is 30.2. The summed E-state index contributed by atoms with van der Waals surface area (Å²) in [5.41, 5.74) is 0. The Labute approximate surface area is 283 Å². The predicted octanol–water partition coefficient (Wildman–Crippen LogP) is 12.7. The van der Waals surface area contributed by atoms with Gasteiger partial charge in [0.15, 0.2) is 8.32 Å². The molecule has 0 saturated heterocycles. The minimum absolute atomic E-state index is 0.166. The SMILES string of the molecule is CCC[CH2][Sn]([CH2]CCC)([CH2]CCC)[C@H](/C=C/[C@@H](CCCCCCCO[Si](C)(C)C(C)(C)C)O[Si](C)(C)C(C)(C)C)OCOC. The van der Waals surface area contributed by atoms with E-state index in [0.29, 0.717) is 11.8 Å². The fraction of sp³-hybridized carbons (Fsp3) is 0.946. The van der Waals surface area contributed by atoms with E-state index < -0.39 is 35.0 Å². The van der Waals surface area contributed by atoms with Crippen LogP contribution in [0.15, 0.2) is 12.2 Å². The first kappa shape index (κ1) is 44.8. The Hall–Kier alpha value is 0.812. The third-order valence-electron chi connectivity index (χ3n) is 10.7. The summed E-state index contributed by atoms with van der Waals surface area (Å²) in [6.07, 6.45) is 20.3. The molecule has 0 heterocycles. The van der Waals surface area contributed by atoms with Crippen LogP contribution in [-0.4, -0.2) is 65.7 Å². The van der Waals surface area contributed by atoms with Gasteiger partial charge in [-0.3, -0.25) is 0 Å². The van der Waals surface area contributed by atoms with Crippen LogP contribution < -0.4 is 0 Å². The number of hydrogen-bond donors (Lipinski definition) is 0. The van der Waals surface area contributed by atoms with Gasteiger partial charge in [0.2, 0.25) is 0 Å². The second-order valence-electron chi connectivity index (χ2n) is 16.6. The van der Waals surface area contributed by atoms with Crippen LogP contribution in [0.4, 0.5) is 0 Å². The van der Waals surface area contributed by atoms with Crippen molar-refractivity contribution in [3.63, 3.8) is 0 Å². The predicted molar refractivity (Wildman–Crippen MR) is 204 cm³/mol. The molecular weight excluding hydrogens is 683 g/mol. The summed E-state index contributed by atoms with van der Waals surface area (Å²) in [6.45, 7) is 31.9. The zero-order chi connectivity index (χ0) is 33.9. The van der Waals surface area contributed by atoms with E-state index in [1.807, 2.05) is 0 Å². The normalized spacial score (nSPS) is 15.3. The monoisotopic (exact) mass is 764 g/mol. The Morgan fingerprint density at radius 2 is 1.11 bits per heavy atom. The number of unbranched alkanes of at least 4 members (excludes halogenated alkanes) is 7. The molecular formula is C37H80O4Si2Sn. The quantitative estimate of drug-likeness (QED) is 0.0381. The molecule has 0 unspecified atom stereocenters. The van der Waals surface area contributed by atoms with Crippen molar-refractivity contribution < 1.29 is 18.3 Å². The number of methoxy groups -OCH3 is 1. The van der Waals surface area contributed by atoms with Crippen LogP contribution in [0.1, 0.15) is 139 Å². The van der Waals surface area contributed by atoms with Crippen molar-refractivity contribution in [2.45, 2.75) is 199 Å². The van der Waals surface area contributed by atoms with Crippen LogP contribution in [0, 0.1) is 0 Å². The summed E-state index contributed by atoms with van der Waals surface area (Å²) in [6, 6.07) is 0. The molecule has 2 atom stereocenters. The zero-order valence-electron chi connectivity index (χ0n) is 32.5. The van der Waals surface area contributed by atoms with Crippen molar-refractivity contribution in [1.29, 1.82) is 0 Å². The van der Waals surface area contributed by atoms with Crippen molar-refractivity contribution in [2.24, 2.45) is 0 Å². The van der Waals surface area contributed by atoms with Gasteiger partial charge in [-0.1, -0.05) is 20.8 Å². The van der Waals surface area contributed by atoms with Gasteiger partial charge in [0.25, 0.3) is 0 Å². The molecule has 0 radical (unpaired) electrons. The second kappa shape index (κ2) is 22.4. The third-order valence-corrected chi connectivity index (χ3v) is 35.8. The fourth-order valence-electron chi connectivity index (χ4n) is 5.46. The molecule has 4 nitrogen and oxygen atoms in total. The summed E-state index contributed by atoms with van der Waals surface area (Å²) in [5, 5.41) is 0.486. The second-order valence-corrected chi connectivity index (χ2v) is 39.9. The van der Waals surface area contributed by atoms with Crippen molar-refractivity contribution in [3.8, 4) is 0 Å². The van der Waals surface area contributed by atoms with E-state index in [9.17, 15) is 0 Å². The van der Waals surface area contributed by atoms with E-state index >= 15 is 0 Å². The van der Waals surface area contributed by atoms with Gasteiger partial charge in [-0.15, -0.1) is 0 Å². The van der Waals surface area contributed by atoms with E-state index in [4.69, 9.17) is 18.3 Å². The molecule has 0 spiro atoms. The molecule has 0 saturated carbocycles. The van der Waals surface area contributed by atoms with Gasteiger partial charge in [-0.25, -0.2) is 0 Å². The molecule has 0 aliphatic carbocycles. The molecule has 0 fully saturated rings. The summed E-state index contributed by atoms with van der Waals surface area (Å²) in [5.74, 6) is 0. The zero-order valence-corrected chi connectivity index (χ0v) is 37.3. The molecule has 0 aliphatic rings. The molecule has 0 amide bonds. The van der Waals surface area contributed by atoms with Gasteiger partial charge in [-0.2, -0.15) is 0 Å². The van der Waals surface area contributed by atoms with Crippen LogP contribution in [0.2, 0.25) is 49.6 Å². The Balaban J connectivity index is 5.72. The molecule has 0 bridgehead atoms. The molecule has 0 N–H and O–H groups in total. The van der Waals surface area contributed by atoms with Crippen molar-refractivity contribution in [2.75, 3.05) is 20.5 Å². The Morgan fingerprint density at radius 3 is 1.57 bits per heavy atom. The van der Waals surface area contributed by atoms with E-state index in [2.05, 4.69) is 101 Å². The van der Waals surface area contributed by atoms with Gasteiger partial charge >= 0.3 is 238 Å². The van der Waals surface area contributed by atoms with E-state index in [1.165, 1.54) is 83.9 Å².